The van der Waals surface area contributed by atoms with Crippen molar-refractivity contribution in [1.82, 2.24) is 0 Å². The van der Waals surface area contributed by atoms with Crippen molar-refractivity contribution in [2.75, 3.05) is 0 Å². The number of aryl methyl sites for hydroxylation is 2. The van der Waals surface area contributed by atoms with Crippen LogP contribution in [0.2, 0.25) is 5.02 Å². The van der Waals surface area contributed by atoms with Gasteiger partial charge in [-0.2, -0.15) is 0 Å². The lowest BCUT2D eigenvalue weighted by Crippen LogP contribution is -2.14. The molecule has 1 aromatic carbocycles. The first-order valence-corrected chi connectivity index (χ1v) is 8.78. The van der Waals surface area contributed by atoms with Gasteiger partial charge in [0.25, 0.3) is 0 Å². The van der Waals surface area contributed by atoms with Gasteiger partial charge in [-0.15, -0.1) is 0 Å². The molecule has 1 heterocycles. The number of hydrogen-bond donors (Lipinski definition) is 0. The molecule has 0 bridgehead atoms. The van der Waals surface area contributed by atoms with E-state index in [0.717, 1.165) is 54.9 Å². The Labute approximate surface area is 145 Å². The van der Waals surface area contributed by atoms with Crippen molar-refractivity contribution in [1.29, 1.82) is 0 Å². The minimum atomic E-state index is -0.469. The SMILES string of the molecule is O=C(ON=C1CCCc2oc3c(c21)CCCC3)c1ccc(Cl)cc1. The number of carbonyl (C=O) groups excluding carboxylic acids is 1. The van der Waals surface area contributed by atoms with Crippen LogP contribution in [0.15, 0.2) is 33.8 Å². The van der Waals surface area contributed by atoms with Gasteiger partial charge < -0.3 is 9.25 Å². The minimum Gasteiger partial charge on any atom is -0.465 e. The molecule has 0 aliphatic heterocycles. The highest BCUT2D eigenvalue weighted by Gasteiger charge is 2.28. The lowest BCUT2D eigenvalue weighted by Gasteiger charge is -2.15. The second kappa shape index (κ2) is 6.44. The molecule has 0 N–H and O–H groups in total. The van der Waals surface area contributed by atoms with Crippen LogP contribution in [0.4, 0.5) is 0 Å². The van der Waals surface area contributed by atoms with E-state index in [1.54, 1.807) is 24.3 Å². The molecule has 2 aliphatic rings. The van der Waals surface area contributed by atoms with E-state index in [9.17, 15) is 4.79 Å². The maximum Gasteiger partial charge on any atom is 0.365 e. The van der Waals surface area contributed by atoms with Gasteiger partial charge in [-0.25, -0.2) is 4.79 Å². The maximum atomic E-state index is 12.1. The predicted molar refractivity (Wildman–Crippen MR) is 91.7 cm³/mol. The summed E-state index contributed by atoms with van der Waals surface area (Å²) in [7, 11) is 0. The number of hydrogen-bond acceptors (Lipinski definition) is 4. The summed E-state index contributed by atoms with van der Waals surface area (Å²) in [5, 5.41) is 4.76. The summed E-state index contributed by atoms with van der Waals surface area (Å²) in [6, 6.07) is 6.60. The molecule has 4 nitrogen and oxygen atoms in total. The zero-order valence-electron chi connectivity index (χ0n) is 13.3. The molecule has 0 fully saturated rings. The van der Waals surface area contributed by atoms with Crippen molar-refractivity contribution >= 4 is 23.3 Å². The minimum absolute atomic E-state index is 0.439. The van der Waals surface area contributed by atoms with E-state index in [-0.39, 0.29) is 0 Å². The summed E-state index contributed by atoms with van der Waals surface area (Å²) in [4.78, 5) is 17.3. The van der Waals surface area contributed by atoms with Gasteiger partial charge in [-0.3, -0.25) is 0 Å². The van der Waals surface area contributed by atoms with Crippen LogP contribution >= 0.6 is 11.6 Å². The second-order valence-corrected chi connectivity index (χ2v) is 6.72. The number of halogens is 1. The fourth-order valence-electron chi connectivity index (χ4n) is 3.50. The molecule has 0 unspecified atom stereocenters. The third-order valence-corrected chi connectivity index (χ3v) is 4.92. The second-order valence-electron chi connectivity index (χ2n) is 6.29. The van der Waals surface area contributed by atoms with Crippen molar-refractivity contribution in [3.05, 3.63) is 57.5 Å². The number of rotatable bonds is 2. The third kappa shape index (κ3) is 2.86. The van der Waals surface area contributed by atoms with E-state index in [1.807, 2.05) is 0 Å². The van der Waals surface area contributed by atoms with Gasteiger partial charge in [0.05, 0.1) is 11.3 Å². The van der Waals surface area contributed by atoms with Gasteiger partial charge in [0.15, 0.2) is 0 Å². The summed E-state index contributed by atoms with van der Waals surface area (Å²) in [5.74, 6) is 1.64. The van der Waals surface area contributed by atoms with Crippen LogP contribution in [0, 0.1) is 0 Å². The zero-order valence-corrected chi connectivity index (χ0v) is 14.1. The van der Waals surface area contributed by atoms with E-state index in [1.165, 1.54) is 18.4 Å². The average Bonchev–Trinajstić information content (AvgIpc) is 2.99. The molecule has 124 valence electrons. The third-order valence-electron chi connectivity index (χ3n) is 4.67. The van der Waals surface area contributed by atoms with Gasteiger partial charge in [0.1, 0.15) is 11.5 Å². The summed E-state index contributed by atoms with van der Waals surface area (Å²) >= 11 is 5.84. The number of oxime groups is 1. The molecular weight excluding hydrogens is 326 g/mol. The van der Waals surface area contributed by atoms with Crippen LogP contribution in [0.5, 0.6) is 0 Å². The molecular formula is C19H18ClNO3. The average molecular weight is 344 g/mol. The Balaban J connectivity index is 1.59. The normalized spacial score (nSPS) is 18.1. The molecule has 2 aliphatic carbocycles. The van der Waals surface area contributed by atoms with E-state index in [0.29, 0.717) is 10.6 Å². The Bertz CT molecular complexity index is 805. The summed E-state index contributed by atoms with van der Waals surface area (Å²) < 4.78 is 6.03. The van der Waals surface area contributed by atoms with E-state index < -0.39 is 5.97 Å². The first-order chi connectivity index (χ1) is 11.7. The molecule has 2 aromatic rings. The van der Waals surface area contributed by atoms with Crippen LogP contribution in [-0.4, -0.2) is 11.7 Å². The molecule has 5 heteroatoms. The summed E-state index contributed by atoms with van der Waals surface area (Å²) in [6.45, 7) is 0. The fourth-order valence-corrected chi connectivity index (χ4v) is 3.63. The Morgan fingerprint density at radius 3 is 2.58 bits per heavy atom. The lowest BCUT2D eigenvalue weighted by molar-refractivity contribution is 0.0515. The molecule has 0 saturated carbocycles. The monoisotopic (exact) mass is 343 g/mol. The maximum absolute atomic E-state index is 12.1. The van der Waals surface area contributed by atoms with Gasteiger partial charge in [0.2, 0.25) is 0 Å². The molecule has 1 aromatic heterocycles. The number of furan rings is 1. The van der Waals surface area contributed by atoms with Crippen LogP contribution in [0.1, 0.15) is 58.7 Å². The fraction of sp³-hybridized carbons (Fsp3) is 0.368. The molecule has 24 heavy (non-hydrogen) atoms. The first-order valence-electron chi connectivity index (χ1n) is 8.40. The van der Waals surface area contributed by atoms with Crippen molar-refractivity contribution in [3.63, 3.8) is 0 Å². The molecule has 0 saturated heterocycles. The first kappa shape index (κ1) is 15.5. The summed E-state index contributed by atoms with van der Waals surface area (Å²) in [6.07, 6.45) is 7.10. The molecule has 0 atom stereocenters. The molecule has 0 amide bonds. The number of benzene rings is 1. The molecule has 4 rings (SSSR count). The van der Waals surface area contributed by atoms with Gasteiger partial charge >= 0.3 is 5.97 Å². The summed E-state index contributed by atoms with van der Waals surface area (Å²) in [5.41, 5.74) is 3.65. The van der Waals surface area contributed by atoms with Crippen LogP contribution in [0.3, 0.4) is 0 Å². The number of nitrogens with zero attached hydrogens (tertiary/aromatic N) is 1. The lowest BCUT2D eigenvalue weighted by atomic mass is 9.88. The highest BCUT2D eigenvalue weighted by atomic mass is 35.5. The Kier molecular flexibility index (Phi) is 4.15. The quantitative estimate of drug-likeness (QED) is 0.586. The smallest absolute Gasteiger partial charge is 0.365 e. The highest BCUT2D eigenvalue weighted by molar-refractivity contribution is 6.30. The Morgan fingerprint density at radius 1 is 1.00 bits per heavy atom. The van der Waals surface area contributed by atoms with Crippen LogP contribution < -0.4 is 0 Å². The van der Waals surface area contributed by atoms with Crippen molar-refractivity contribution in [3.8, 4) is 0 Å². The predicted octanol–water partition coefficient (Wildman–Crippen LogP) is 4.71. The topological polar surface area (TPSA) is 51.8 Å². The Morgan fingerprint density at radius 2 is 1.75 bits per heavy atom. The largest absolute Gasteiger partial charge is 0.465 e. The van der Waals surface area contributed by atoms with E-state index in [2.05, 4.69) is 5.16 Å². The number of carbonyl (C=O) groups is 1. The standard InChI is InChI=1S/C19H18ClNO3/c20-13-10-8-12(9-11-13)19(22)24-21-15-5-3-7-17-18(15)14-4-1-2-6-16(14)23-17/h8-11H,1-7H2. The van der Waals surface area contributed by atoms with E-state index in [4.69, 9.17) is 20.9 Å². The highest BCUT2D eigenvalue weighted by Crippen LogP contribution is 2.34. The Hall–Kier alpha value is -2.07. The van der Waals surface area contributed by atoms with Crippen LogP contribution in [0.25, 0.3) is 0 Å². The van der Waals surface area contributed by atoms with Gasteiger partial charge in [0, 0.05) is 29.0 Å². The molecule has 0 radical (unpaired) electrons. The zero-order chi connectivity index (χ0) is 16.5. The molecule has 0 spiro atoms. The van der Waals surface area contributed by atoms with Gasteiger partial charge in [-0.05, 0) is 56.4 Å². The van der Waals surface area contributed by atoms with Gasteiger partial charge in [-0.1, -0.05) is 16.8 Å². The van der Waals surface area contributed by atoms with E-state index >= 15 is 0 Å². The van der Waals surface area contributed by atoms with Crippen molar-refractivity contribution in [2.45, 2.75) is 44.9 Å². The number of fused-ring (bicyclic) bond motifs is 3. The van der Waals surface area contributed by atoms with Crippen molar-refractivity contribution in [2.24, 2.45) is 5.16 Å². The van der Waals surface area contributed by atoms with Crippen molar-refractivity contribution < 1.29 is 14.0 Å². The van der Waals surface area contributed by atoms with Crippen LogP contribution in [-0.2, 0) is 24.1 Å².